The van der Waals surface area contributed by atoms with E-state index in [1.54, 1.807) is 7.11 Å². The first-order valence-corrected chi connectivity index (χ1v) is 8.06. The van der Waals surface area contributed by atoms with Crippen LogP contribution in [0.25, 0.3) is 0 Å². The maximum absolute atomic E-state index is 11.5. The van der Waals surface area contributed by atoms with Gasteiger partial charge in [0.25, 0.3) is 5.69 Å². The van der Waals surface area contributed by atoms with E-state index >= 15 is 0 Å². The smallest absolute Gasteiger partial charge is 0.410 e. The van der Waals surface area contributed by atoms with Gasteiger partial charge in [-0.2, -0.15) is 0 Å². The number of carbonyl (C=O) groups is 1. The van der Waals surface area contributed by atoms with E-state index in [0.717, 1.165) is 0 Å². The molecule has 0 atom stereocenters. The third-order valence-corrected chi connectivity index (χ3v) is 2.95. The van der Waals surface area contributed by atoms with Gasteiger partial charge in [0.05, 0.1) is 51.2 Å². The second-order valence-corrected chi connectivity index (χ2v) is 4.90. The molecule has 10 heteroatoms. The lowest BCUT2D eigenvalue weighted by molar-refractivity contribution is -0.384. The van der Waals surface area contributed by atoms with Gasteiger partial charge in [-0.15, -0.1) is 0 Å². The fourth-order valence-electron chi connectivity index (χ4n) is 1.69. The van der Waals surface area contributed by atoms with E-state index in [2.05, 4.69) is 5.32 Å². The molecule has 1 N–H and O–H groups in total. The molecule has 0 unspecified atom stereocenters. The molecule has 146 valence electrons. The summed E-state index contributed by atoms with van der Waals surface area (Å²) in [5, 5.41) is 13.0. The summed E-state index contributed by atoms with van der Waals surface area (Å²) in [4.78, 5) is 21.5. The van der Waals surface area contributed by atoms with Gasteiger partial charge >= 0.3 is 6.09 Å². The predicted molar refractivity (Wildman–Crippen MR) is 91.5 cm³/mol. The van der Waals surface area contributed by atoms with E-state index in [9.17, 15) is 14.9 Å². The SMILES string of the molecule is COCCOCCOCCOCCNC(=O)Oc1ccc([N+](=O)[O-])cc1. The zero-order chi connectivity index (χ0) is 19.0. The fraction of sp³-hybridized carbons (Fsp3) is 0.562. The summed E-state index contributed by atoms with van der Waals surface area (Å²) in [6, 6.07) is 5.22. The van der Waals surface area contributed by atoms with Gasteiger partial charge in [0.2, 0.25) is 0 Å². The van der Waals surface area contributed by atoms with E-state index < -0.39 is 11.0 Å². The van der Waals surface area contributed by atoms with Gasteiger partial charge in [0.1, 0.15) is 5.75 Å². The van der Waals surface area contributed by atoms with Crippen LogP contribution < -0.4 is 10.1 Å². The highest BCUT2D eigenvalue weighted by molar-refractivity contribution is 5.70. The van der Waals surface area contributed by atoms with Crippen molar-refractivity contribution in [2.24, 2.45) is 0 Å². The average Bonchev–Trinajstić information content (AvgIpc) is 2.63. The molecule has 1 amide bonds. The molecule has 0 aliphatic carbocycles. The summed E-state index contributed by atoms with van der Waals surface area (Å²) >= 11 is 0. The summed E-state index contributed by atoms with van der Waals surface area (Å²) in [6.07, 6.45) is -0.660. The molecule has 0 heterocycles. The van der Waals surface area contributed by atoms with Crippen molar-refractivity contribution in [3.63, 3.8) is 0 Å². The molecule has 0 fully saturated rings. The lowest BCUT2D eigenvalue weighted by Crippen LogP contribution is -2.30. The molecule has 0 saturated carbocycles. The minimum absolute atomic E-state index is 0.0742. The zero-order valence-electron chi connectivity index (χ0n) is 14.7. The van der Waals surface area contributed by atoms with E-state index in [4.69, 9.17) is 23.7 Å². The number of hydrogen-bond donors (Lipinski definition) is 1. The number of carbonyl (C=O) groups excluding carboxylic acids is 1. The number of ether oxygens (including phenoxy) is 5. The molecule has 0 saturated heterocycles. The molecular weight excluding hydrogens is 348 g/mol. The molecule has 0 aliphatic rings. The number of non-ortho nitro benzene ring substituents is 1. The highest BCUT2D eigenvalue weighted by atomic mass is 16.6. The van der Waals surface area contributed by atoms with Crippen molar-refractivity contribution in [3.8, 4) is 5.75 Å². The fourth-order valence-corrected chi connectivity index (χ4v) is 1.69. The number of nitro groups is 1. The number of amides is 1. The Hall–Kier alpha value is -2.27. The lowest BCUT2D eigenvalue weighted by atomic mass is 10.3. The zero-order valence-corrected chi connectivity index (χ0v) is 14.7. The van der Waals surface area contributed by atoms with Crippen molar-refractivity contribution in [2.75, 3.05) is 59.9 Å². The second-order valence-electron chi connectivity index (χ2n) is 4.90. The number of methoxy groups -OCH3 is 1. The number of nitro benzene ring substituents is 1. The van der Waals surface area contributed by atoms with Crippen LogP contribution in [0.2, 0.25) is 0 Å². The minimum atomic E-state index is -0.660. The van der Waals surface area contributed by atoms with Gasteiger partial charge in [0.15, 0.2) is 0 Å². The van der Waals surface area contributed by atoms with E-state index in [0.29, 0.717) is 46.2 Å². The maximum Gasteiger partial charge on any atom is 0.412 e. The largest absolute Gasteiger partial charge is 0.412 e. The normalized spacial score (nSPS) is 10.5. The highest BCUT2D eigenvalue weighted by Crippen LogP contribution is 2.17. The van der Waals surface area contributed by atoms with E-state index in [1.165, 1.54) is 24.3 Å². The molecule has 1 rings (SSSR count). The van der Waals surface area contributed by atoms with Gasteiger partial charge < -0.3 is 29.0 Å². The van der Waals surface area contributed by atoms with Crippen LogP contribution in [0, 0.1) is 10.1 Å². The van der Waals surface area contributed by atoms with Gasteiger partial charge in [-0.1, -0.05) is 0 Å². The topological polar surface area (TPSA) is 118 Å². The van der Waals surface area contributed by atoms with Gasteiger partial charge in [-0.05, 0) is 12.1 Å². The first-order chi connectivity index (χ1) is 12.6. The Balaban J connectivity index is 1.96. The van der Waals surface area contributed by atoms with Crippen molar-refractivity contribution >= 4 is 11.8 Å². The molecule has 0 spiro atoms. The summed E-state index contributed by atoms with van der Waals surface area (Å²) < 4.78 is 25.6. The summed E-state index contributed by atoms with van der Waals surface area (Å²) in [6.45, 7) is 3.49. The molecule has 0 aliphatic heterocycles. The second kappa shape index (κ2) is 14.0. The average molecular weight is 372 g/mol. The van der Waals surface area contributed by atoms with Crippen molar-refractivity contribution in [1.29, 1.82) is 0 Å². The standard InChI is InChI=1S/C16H24N2O8/c1-22-8-9-24-12-13-25-11-10-23-7-6-17-16(19)26-15-4-2-14(3-5-15)18(20)21/h2-5H,6-13H2,1H3,(H,17,19). The van der Waals surface area contributed by atoms with Crippen LogP contribution in [0.1, 0.15) is 0 Å². The Labute approximate surface area is 151 Å². The summed E-state index contributed by atoms with van der Waals surface area (Å²) in [5.74, 6) is 0.218. The molecule has 0 radical (unpaired) electrons. The molecule has 0 aromatic heterocycles. The summed E-state index contributed by atoms with van der Waals surface area (Å²) in [5.41, 5.74) is -0.0742. The number of nitrogens with zero attached hydrogens (tertiary/aromatic N) is 1. The number of rotatable bonds is 14. The van der Waals surface area contributed by atoms with E-state index in [-0.39, 0.29) is 18.0 Å². The van der Waals surface area contributed by atoms with Gasteiger partial charge in [-0.3, -0.25) is 10.1 Å². The highest BCUT2D eigenvalue weighted by Gasteiger charge is 2.07. The lowest BCUT2D eigenvalue weighted by Gasteiger charge is -2.08. The third kappa shape index (κ3) is 10.6. The Morgan fingerprint density at radius 3 is 2.04 bits per heavy atom. The van der Waals surface area contributed by atoms with Crippen LogP contribution in [-0.4, -0.2) is 70.9 Å². The first kappa shape index (κ1) is 21.8. The van der Waals surface area contributed by atoms with E-state index in [1.807, 2.05) is 0 Å². The Morgan fingerprint density at radius 2 is 1.50 bits per heavy atom. The number of benzene rings is 1. The Morgan fingerprint density at radius 1 is 0.962 bits per heavy atom. The molecular formula is C16H24N2O8. The molecule has 1 aromatic carbocycles. The third-order valence-electron chi connectivity index (χ3n) is 2.95. The molecule has 10 nitrogen and oxygen atoms in total. The van der Waals surface area contributed by atoms with Crippen LogP contribution in [0.15, 0.2) is 24.3 Å². The Bertz CT molecular complexity index is 523. The molecule has 26 heavy (non-hydrogen) atoms. The minimum Gasteiger partial charge on any atom is -0.410 e. The van der Waals surface area contributed by atoms with Crippen LogP contribution in [0.4, 0.5) is 10.5 Å². The van der Waals surface area contributed by atoms with Crippen molar-refractivity contribution in [2.45, 2.75) is 0 Å². The van der Waals surface area contributed by atoms with Crippen LogP contribution in [-0.2, 0) is 18.9 Å². The number of nitrogens with one attached hydrogen (secondary N) is 1. The van der Waals surface area contributed by atoms with Crippen LogP contribution in [0.3, 0.4) is 0 Å². The van der Waals surface area contributed by atoms with Crippen LogP contribution >= 0.6 is 0 Å². The van der Waals surface area contributed by atoms with Crippen molar-refractivity contribution in [1.82, 2.24) is 5.32 Å². The Kier molecular flexibility index (Phi) is 11.7. The molecule has 0 bridgehead atoms. The monoisotopic (exact) mass is 372 g/mol. The van der Waals surface area contributed by atoms with Crippen molar-refractivity contribution < 1.29 is 33.4 Å². The number of hydrogen-bond acceptors (Lipinski definition) is 8. The summed E-state index contributed by atoms with van der Waals surface area (Å²) in [7, 11) is 1.61. The van der Waals surface area contributed by atoms with Crippen molar-refractivity contribution in [3.05, 3.63) is 34.4 Å². The maximum atomic E-state index is 11.5. The molecule has 1 aromatic rings. The van der Waals surface area contributed by atoms with Gasteiger partial charge in [-0.25, -0.2) is 4.79 Å². The van der Waals surface area contributed by atoms with Gasteiger partial charge in [0, 0.05) is 25.8 Å². The van der Waals surface area contributed by atoms with Crippen LogP contribution in [0.5, 0.6) is 5.75 Å². The predicted octanol–water partition coefficient (Wildman–Crippen LogP) is 1.38. The quantitative estimate of drug-likeness (QED) is 0.296. The first-order valence-electron chi connectivity index (χ1n) is 8.06.